The number of benzene rings is 2. The topological polar surface area (TPSA) is 79.7 Å². The highest BCUT2D eigenvalue weighted by molar-refractivity contribution is 9.10. The molecule has 1 aliphatic heterocycles. The summed E-state index contributed by atoms with van der Waals surface area (Å²) in [6, 6.07) is 15.7. The second-order valence-corrected chi connectivity index (χ2v) is 9.44. The van der Waals surface area contributed by atoms with Crippen LogP contribution in [0.15, 0.2) is 77.0 Å². The first kappa shape index (κ1) is 24.7. The predicted octanol–water partition coefficient (Wildman–Crippen LogP) is 5.95. The summed E-state index contributed by atoms with van der Waals surface area (Å²) in [4.78, 5) is 32.1. The summed E-state index contributed by atoms with van der Waals surface area (Å²) in [7, 11) is 0. The quantitative estimate of drug-likeness (QED) is 0.167. The molecule has 1 amide bonds. The number of carbonyl (C=O) groups excluding carboxylic acids is 2. The Morgan fingerprint density at radius 3 is 2.66 bits per heavy atom. The minimum Gasteiger partial charge on any atom is -0.507 e. The zero-order valence-electron chi connectivity index (χ0n) is 19.7. The molecule has 180 valence electrons. The standard InChI is InChI=1S/C28H27BrN2O4/c1-3-4-13-35-22-10-11-23(18(2)14-22)26(32)24-25(20-8-5-9-21(29)15-20)31(28(34)27(24)33)17-19-7-6-12-30-16-19/h5-12,14-16,25,32H,3-4,13,17H2,1-2H3. The fourth-order valence-corrected chi connectivity index (χ4v) is 4.64. The molecule has 2 aromatic carbocycles. The Hall–Kier alpha value is -3.45. The van der Waals surface area contributed by atoms with Crippen molar-refractivity contribution in [3.05, 3.63) is 99.3 Å². The van der Waals surface area contributed by atoms with Crippen LogP contribution in [0.25, 0.3) is 5.76 Å². The molecule has 35 heavy (non-hydrogen) atoms. The van der Waals surface area contributed by atoms with Crippen LogP contribution in [0, 0.1) is 6.92 Å². The number of aromatic nitrogens is 1. The molecule has 1 aromatic heterocycles. The molecule has 0 bridgehead atoms. The number of likely N-dealkylation sites (tertiary alicyclic amines) is 1. The van der Waals surface area contributed by atoms with E-state index >= 15 is 0 Å². The molecule has 1 unspecified atom stereocenters. The molecule has 6 nitrogen and oxygen atoms in total. The maximum atomic E-state index is 13.3. The number of rotatable bonds is 8. The molecule has 1 N–H and O–H groups in total. The summed E-state index contributed by atoms with van der Waals surface area (Å²) in [5.41, 5.74) is 2.83. The van der Waals surface area contributed by atoms with E-state index in [4.69, 9.17) is 4.74 Å². The molecule has 1 aliphatic rings. The molecule has 0 radical (unpaired) electrons. The van der Waals surface area contributed by atoms with Crippen LogP contribution in [0.1, 0.15) is 48.1 Å². The molecule has 2 heterocycles. The number of pyridine rings is 1. The summed E-state index contributed by atoms with van der Waals surface area (Å²) in [6.07, 6.45) is 5.31. The van der Waals surface area contributed by atoms with E-state index in [-0.39, 0.29) is 17.9 Å². The number of unbranched alkanes of at least 4 members (excludes halogenated alkanes) is 1. The second kappa shape index (κ2) is 10.9. The first-order chi connectivity index (χ1) is 16.9. The number of aliphatic hydroxyl groups is 1. The van der Waals surface area contributed by atoms with Gasteiger partial charge in [0.15, 0.2) is 0 Å². The number of aliphatic hydroxyl groups excluding tert-OH is 1. The van der Waals surface area contributed by atoms with Gasteiger partial charge in [-0.1, -0.05) is 47.5 Å². The Bertz CT molecular complexity index is 1270. The molecule has 0 saturated carbocycles. The number of hydrogen-bond acceptors (Lipinski definition) is 5. The minimum atomic E-state index is -0.743. The summed E-state index contributed by atoms with van der Waals surface area (Å²) in [5.74, 6) is -0.857. The molecule has 4 rings (SSSR count). The first-order valence-corrected chi connectivity index (χ1v) is 12.4. The molecule has 1 saturated heterocycles. The van der Waals surface area contributed by atoms with Crippen molar-refractivity contribution in [1.29, 1.82) is 0 Å². The van der Waals surface area contributed by atoms with Crippen molar-refractivity contribution in [3.63, 3.8) is 0 Å². The van der Waals surface area contributed by atoms with Crippen molar-refractivity contribution in [2.75, 3.05) is 6.61 Å². The average Bonchev–Trinajstić information content (AvgIpc) is 3.09. The Balaban J connectivity index is 1.79. The zero-order chi connectivity index (χ0) is 24.9. The summed E-state index contributed by atoms with van der Waals surface area (Å²) >= 11 is 3.48. The van der Waals surface area contributed by atoms with E-state index in [0.717, 1.165) is 34.0 Å². The van der Waals surface area contributed by atoms with Gasteiger partial charge in [0.1, 0.15) is 11.5 Å². The lowest BCUT2D eigenvalue weighted by Gasteiger charge is -2.25. The monoisotopic (exact) mass is 534 g/mol. The Morgan fingerprint density at radius 2 is 1.97 bits per heavy atom. The predicted molar refractivity (Wildman–Crippen MR) is 138 cm³/mol. The second-order valence-electron chi connectivity index (χ2n) is 8.52. The maximum absolute atomic E-state index is 13.3. The van der Waals surface area contributed by atoms with E-state index < -0.39 is 17.7 Å². The van der Waals surface area contributed by atoms with E-state index in [2.05, 4.69) is 27.8 Å². The molecule has 1 atom stereocenters. The number of halogens is 1. The lowest BCUT2D eigenvalue weighted by atomic mass is 9.94. The van der Waals surface area contributed by atoms with Crippen molar-refractivity contribution < 1.29 is 19.4 Å². The van der Waals surface area contributed by atoms with Crippen LogP contribution < -0.4 is 4.74 Å². The SMILES string of the molecule is CCCCOc1ccc(C(O)=C2C(=O)C(=O)N(Cc3cccnc3)C2c2cccc(Br)c2)c(C)c1. The van der Waals surface area contributed by atoms with Gasteiger partial charge in [-0.3, -0.25) is 14.6 Å². The van der Waals surface area contributed by atoms with Crippen molar-refractivity contribution in [3.8, 4) is 5.75 Å². The fraction of sp³-hybridized carbons (Fsp3) is 0.250. The van der Waals surface area contributed by atoms with Gasteiger partial charge in [-0.15, -0.1) is 0 Å². The number of hydrogen-bond donors (Lipinski definition) is 1. The Morgan fingerprint density at radius 1 is 1.14 bits per heavy atom. The van der Waals surface area contributed by atoms with Gasteiger partial charge in [-0.25, -0.2) is 0 Å². The van der Waals surface area contributed by atoms with Gasteiger partial charge in [0.25, 0.3) is 11.7 Å². The van der Waals surface area contributed by atoms with Crippen molar-refractivity contribution in [1.82, 2.24) is 9.88 Å². The van der Waals surface area contributed by atoms with E-state index in [9.17, 15) is 14.7 Å². The zero-order valence-corrected chi connectivity index (χ0v) is 21.3. The summed E-state index contributed by atoms with van der Waals surface area (Å²) in [6.45, 7) is 4.75. The highest BCUT2D eigenvalue weighted by Crippen LogP contribution is 2.41. The average molecular weight is 535 g/mol. The van der Waals surface area contributed by atoms with Crippen LogP contribution in [0.3, 0.4) is 0 Å². The summed E-state index contributed by atoms with van der Waals surface area (Å²) < 4.78 is 6.59. The number of ketones is 1. The van der Waals surface area contributed by atoms with Gasteiger partial charge in [0.2, 0.25) is 0 Å². The third-order valence-electron chi connectivity index (χ3n) is 6.00. The van der Waals surface area contributed by atoms with E-state index in [1.54, 1.807) is 30.6 Å². The van der Waals surface area contributed by atoms with Crippen molar-refractivity contribution in [2.45, 2.75) is 39.3 Å². The summed E-state index contributed by atoms with van der Waals surface area (Å²) in [5, 5.41) is 11.4. The first-order valence-electron chi connectivity index (χ1n) is 11.6. The normalized spacial score (nSPS) is 17.1. The van der Waals surface area contributed by atoms with Crippen molar-refractivity contribution in [2.24, 2.45) is 0 Å². The van der Waals surface area contributed by atoms with Crippen LogP contribution in [0.2, 0.25) is 0 Å². The molecular formula is C28H27BrN2O4. The number of ether oxygens (including phenoxy) is 1. The third-order valence-corrected chi connectivity index (χ3v) is 6.49. The number of aryl methyl sites for hydroxylation is 1. The molecule has 0 aliphatic carbocycles. The number of nitrogens with zero attached hydrogens (tertiary/aromatic N) is 2. The minimum absolute atomic E-state index is 0.0692. The van der Waals surface area contributed by atoms with E-state index in [1.807, 2.05) is 43.3 Å². The van der Waals surface area contributed by atoms with Gasteiger partial charge in [-0.2, -0.15) is 0 Å². The lowest BCUT2D eigenvalue weighted by molar-refractivity contribution is -0.140. The van der Waals surface area contributed by atoms with E-state index in [0.29, 0.717) is 17.9 Å². The van der Waals surface area contributed by atoms with Gasteiger partial charge in [0.05, 0.1) is 18.2 Å². The fourth-order valence-electron chi connectivity index (χ4n) is 4.23. The molecule has 3 aromatic rings. The van der Waals surface area contributed by atoms with Gasteiger partial charge < -0.3 is 14.7 Å². The number of Topliss-reactive ketones (excluding diaryl/α,β-unsaturated/α-hetero) is 1. The highest BCUT2D eigenvalue weighted by atomic mass is 79.9. The largest absolute Gasteiger partial charge is 0.507 e. The smallest absolute Gasteiger partial charge is 0.295 e. The highest BCUT2D eigenvalue weighted by Gasteiger charge is 2.46. The van der Waals surface area contributed by atoms with Crippen molar-refractivity contribution >= 4 is 33.4 Å². The Labute approximate surface area is 213 Å². The van der Waals surface area contributed by atoms with Gasteiger partial charge >= 0.3 is 0 Å². The van der Waals surface area contributed by atoms with Crippen LogP contribution >= 0.6 is 15.9 Å². The van der Waals surface area contributed by atoms with Crippen LogP contribution in [0.4, 0.5) is 0 Å². The van der Waals surface area contributed by atoms with Crippen LogP contribution in [-0.4, -0.2) is 33.3 Å². The lowest BCUT2D eigenvalue weighted by Crippen LogP contribution is -2.29. The Kier molecular flexibility index (Phi) is 7.66. The molecule has 7 heteroatoms. The van der Waals surface area contributed by atoms with Crippen LogP contribution in [-0.2, 0) is 16.1 Å². The number of amides is 1. The number of carbonyl (C=O) groups is 2. The van der Waals surface area contributed by atoms with E-state index in [1.165, 1.54) is 4.90 Å². The maximum Gasteiger partial charge on any atom is 0.295 e. The molecule has 0 spiro atoms. The molecular weight excluding hydrogens is 508 g/mol. The van der Waals surface area contributed by atoms with Gasteiger partial charge in [-0.05, 0) is 66.4 Å². The van der Waals surface area contributed by atoms with Crippen LogP contribution in [0.5, 0.6) is 5.75 Å². The van der Waals surface area contributed by atoms with Gasteiger partial charge in [0, 0.05) is 29.0 Å². The molecule has 1 fully saturated rings. The third kappa shape index (κ3) is 5.30.